The highest BCUT2D eigenvalue weighted by molar-refractivity contribution is 7.17. The van der Waals surface area contributed by atoms with Gasteiger partial charge in [0.15, 0.2) is 0 Å². The van der Waals surface area contributed by atoms with Crippen molar-refractivity contribution in [2.75, 3.05) is 11.9 Å². The summed E-state index contributed by atoms with van der Waals surface area (Å²) in [5.74, 6) is 0.558. The predicted octanol–water partition coefficient (Wildman–Crippen LogP) is 5.74. The molecule has 0 spiro atoms. The number of amides is 1. The first-order valence-corrected chi connectivity index (χ1v) is 12.2. The summed E-state index contributed by atoms with van der Waals surface area (Å²) in [7, 11) is 0. The molecule has 0 aromatic carbocycles. The van der Waals surface area contributed by atoms with Crippen molar-refractivity contribution in [3.05, 3.63) is 16.0 Å². The molecule has 2 atom stereocenters. The van der Waals surface area contributed by atoms with Crippen LogP contribution >= 0.6 is 11.3 Å². The first kappa shape index (κ1) is 19.6. The minimum absolute atomic E-state index is 0.156. The lowest BCUT2D eigenvalue weighted by molar-refractivity contribution is -0.165. The predicted molar refractivity (Wildman–Crippen MR) is 115 cm³/mol. The van der Waals surface area contributed by atoms with E-state index in [0.29, 0.717) is 28.9 Å². The number of anilines is 1. The van der Waals surface area contributed by atoms with E-state index in [1.807, 2.05) is 6.92 Å². The fourth-order valence-electron chi connectivity index (χ4n) is 8.01. The molecule has 1 N–H and O–H groups in total. The van der Waals surface area contributed by atoms with E-state index in [1.165, 1.54) is 24.1 Å². The lowest BCUT2D eigenvalue weighted by Crippen LogP contribution is -2.58. The number of carbonyl (C=O) groups excluding carboxylic acids is 2. The van der Waals surface area contributed by atoms with Crippen LogP contribution < -0.4 is 5.32 Å². The quantitative estimate of drug-likeness (QED) is 0.638. The number of esters is 1. The Bertz CT molecular complexity index is 854. The molecule has 5 heteroatoms. The van der Waals surface area contributed by atoms with Gasteiger partial charge in [-0.3, -0.25) is 4.79 Å². The Balaban J connectivity index is 1.47. The van der Waals surface area contributed by atoms with Crippen LogP contribution in [0.3, 0.4) is 0 Å². The summed E-state index contributed by atoms with van der Waals surface area (Å²) >= 11 is 1.61. The number of aryl methyl sites for hydroxylation is 1. The Morgan fingerprint density at radius 3 is 2.41 bits per heavy atom. The summed E-state index contributed by atoms with van der Waals surface area (Å²) in [5, 5.41) is 4.02. The average molecular weight is 416 g/mol. The van der Waals surface area contributed by atoms with Gasteiger partial charge in [0.05, 0.1) is 17.6 Å². The van der Waals surface area contributed by atoms with Crippen molar-refractivity contribution in [2.24, 2.45) is 22.2 Å². The third-order valence-corrected chi connectivity index (χ3v) is 9.19. The first-order valence-electron chi connectivity index (χ1n) is 11.4. The molecule has 0 aliphatic heterocycles. The number of ether oxygens (including phenoxy) is 1. The van der Waals surface area contributed by atoms with Crippen molar-refractivity contribution in [3.8, 4) is 0 Å². The second-order valence-corrected chi connectivity index (χ2v) is 12.1. The van der Waals surface area contributed by atoms with Crippen LogP contribution in [0.5, 0.6) is 0 Å². The van der Waals surface area contributed by atoms with Gasteiger partial charge in [-0.15, -0.1) is 11.3 Å². The molecule has 6 rings (SSSR count). The van der Waals surface area contributed by atoms with Crippen molar-refractivity contribution in [3.63, 3.8) is 0 Å². The molecule has 1 aromatic rings. The minimum Gasteiger partial charge on any atom is -0.462 e. The van der Waals surface area contributed by atoms with Crippen molar-refractivity contribution in [1.82, 2.24) is 0 Å². The van der Waals surface area contributed by atoms with Crippen molar-refractivity contribution in [2.45, 2.75) is 85.0 Å². The summed E-state index contributed by atoms with van der Waals surface area (Å²) in [6, 6.07) is 0. The van der Waals surface area contributed by atoms with Gasteiger partial charge in [0.1, 0.15) is 5.00 Å². The molecule has 4 fully saturated rings. The van der Waals surface area contributed by atoms with Crippen LogP contribution in [-0.4, -0.2) is 18.5 Å². The zero-order valence-electron chi connectivity index (χ0n) is 18.0. The largest absolute Gasteiger partial charge is 0.462 e. The van der Waals surface area contributed by atoms with Gasteiger partial charge in [0.2, 0.25) is 5.91 Å². The molecule has 1 heterocycles. The second kappa shape index (κ2) is 6.57. The molecule has 0 radical (unpaired) electrons. The maximum Gasteiger partial charge on any atom is 0.341 e. The van der Waals surface area contributed by atoms with E-state index in [1.54, 1.807) is 11.3 Å². The van der Waals surface area contributed by atoms with Gasteiger partial charge in [-0.1, -0.05) is 13.8 Å². The van der Waals surface area contributed by atoms with Gasteiger partial charge in [0, 0.05) is 4.88 Å². The molecule has 5 aliphatic rings. The molecule has 4 saturated carbocycles. The van der Waals surface area contributed by atoms with Gasteiger partial charge in [-0.25, -0.2) is 4.79 Å². The summed E-state index contributed by atoms with van der Waals surface area (Å²) in [5.41, 5.74) is 2.09. The summed E-state index contributed by atoms with van der Waals surface area (Å²) in [6.45, 7) is 6.99. The maximum absolute atomic E-state index is 13.7. The Morgan fingerprint density at radius 2 is 1.76 bits per heavy atom. The second-order valence-electron chi connectivity index (χ2n) is 11.0. The first-order chi connectivity index (χ1) is 13.7. The number of hydrogen-bond donors (Lipinski definition) is 1. The van der Waals surface area contributed by atoms with Crippen LogP contribution in [0.25, 0.3) is 0 Å². The molecule has 4 nitrogen and oxygen atoms in total. The van der Waals surface area contributed by atoms with E-state index in [9.17, 15) is 9.59 Å². The Labute approximate surface area is 177 Å². The van der Waals surface area contributed by atoms with Gasteiger partial charge >= 0.3 is 5.97 Å². The highest BCUT2D eigenvalue weighted by atomic mass is 32.1. The number of carbonyl (C=O) groups is 2. The smallest absolute Gasteiger partial charge is 0.341 e. The van der Waals surface area contributed by atoms with E-state index in [2.05, 4.69) is 19.2 Å². The van der Waals surface area contributed by atoms with Crippen molar-refractivity contribution >= 4 is 28.2 Å². The zero-order valence-corrected chi connectivity index (χ0v) is 18.8. The summed E-state index contributed by atoms with van der Waals surface area (Å²) in [4.78, 5) is 27.8. The van der Waals surface area contributed by atoms with Crippen LogP contribution in [0, 0.1) is 22.2 Å². The van der Waals surface area contributed by atoms with E-state index in [0.717, 1.165) is 55.5 Å². The molecule has 158 valence electrons. The highest BCUT2D eigenvalue weighted by Gasteiger charge is 2.62. The van der Waals surface area contributed by atoms with Crippen LogP contribution in [0.1, 0.15) is 92.9 Å². The molecule has 29 heavy (non-hydrogen) atoms. The van der Waals surface area contributed by atoms with Crippen molar-refractivity contribution < 1.29 is 14.3 Å². The van der Waals surface area contributed by atoms with Gasteiger partial charge < -0.3 is 10.1 Å². The maximum atomic E-state index is 13.7. The van der Waals surface area contributed by atoms with Gasteiger partial charge in [-0.2, -0.15) is 0 Å². The standard InChI is InChI=1S/C24H33NO3S/c1-4-28-20(26)18-16-7-5-6-8-17(16)29-19(18)25-21(27)24-11-15-9-22(2,13-24)12-23(3,10-15)14-24/h15H,4-14H2,1-3H3,(H,25,27)/t15?,22-,23-,24?/m0/s1. The lowest BCUT2D eigenvalue weighted by atomic mass is 9.40. The highest BCUT2D eigenvalue weighted by Crippen LogP contribution is 2.69. The number of hydrogen-bond acceptors (Lipinski definition) is 4. The van der Waals surface area contributed by atoms with Crippen LogP contribution in [-0.2, 0) is 22.4 Å². The van der Waals surface area contributed by atoms with Gasteiger partial charge in [-0.05, 0) is 93.4 Å². The fraction of sp³-hybridized carbons (Fsp3) is 0.750. The molecule has 5 aliphatic carbocycles. The van der Waals surface area contributed by atoms with Crippen molar-refractivity contribution in [1.29, 1.82) is 0 Å². The molecule has 1 aromatic heterocycles. The Hall–Kier alpha value is -1.36. The number of fused-ring (bicyclic) bond motifs is 1. The molecule has 1 amide bonds. The fourth-order valence-corrected chi connectivity index (χ4v) is 9.28. The number of thiophene rings is 1. The number of nitrogens with one attached hydrogen (secondary N) is 1. The van der Waals surface area contributed by atoms with Crippen LogP contribution in [0.4, 0.5) is 5.00 Å². The summed E-state index contributed by atoms with van der Waals surface area (Å²) in [6.07, 6.45) is 11.0. The number of rotatable bonds is 4. The summed E-state index contributed by atoms with van der Waals surface area (Å²) < 4.78 is 5.37. The van der Waals surface area contributed by atoms with E-state index < -0.39 is 0 Å². The zero-order chi connectivity index (χ0) is 20.4. The topological polar surface area (TPSA) is 55.4 Å². The monoisotopic (exact) mass is 415 g/mol. The van der Waals surface area contributed by atoms with Crippen LogP contribution in [0.2, 0.25) is 0 Å². The molecular formula is C24H33NO3S. The van der Waals surface area contributed by atoms with E-state index >= 15 is 0 Å². The van der Waals surface area contributed by atoms with Gasteiger partial charge in [0.25, 0.3) is 0 Å². The Kier molecular flexibility index (Phi) is 4.44. The van der Waals surface area contributed by atoms with Crippen LogP contribution in [0.15, 0.2) is 0 Å². The molecular weight excluding hydrogens is 382 g/mol. The normalized spacial score (nSPS) is 37.3. The lowest BCUT2D eigenvalue weighted by Gasteiger charge is -2.64. The SMILES string of the molecule is CCOC(=O)c1c(NC(=O)C23CC4C[C@](C)(C2)C[C@](C)(C4)C3)sc2c1CCCC2. The van der Waals surface area contributed by atoms with E-state index in [-0.39, 0.29) is 17.3 Å². The van der Waals surface area contributed by atoms with E-state index in [4.69, 9.17) is 4.74 Å². The minimum atomic E-state index is -0.272. The molecule has 0 saturated heterocycles. The third kappa shape index (κ3) is 3.15. The molecule has 0 unspecified atom stereocenters. The Morgan fingerprint density at radius 1 is 1.07 bits per heavy atom. The average Bonchev–Trinajstić information content (AvgIpc) is 2.96. The third-order valence-electron chi connectivity index (χ3n) is 7.99. The molecule has 4 bridgehead atoms.